The third-order valence-corrected chi connectivity index (χ3v) is 3.38. The van der Waals surface area contributed by atoms with Crippen LogP contribution in [0, 0.1) is 12.3 Å². The number of aliphatic hydroxyl groups excluding tert-OH is 1. The minimum atomic E-state index is -0.468. The van der Waals surface area contributed by atoms with Gasteiger partial charge in [-0.15, -0.1) is 0 Å². The molecule has 2 heteroatoms. The second kappa shape index (κ2) is 5.30. The van der Waals surface area contributed by atoms with Crippen LogP contribution in [0.1, 0.15) is 51.0 Å². The maximum absolute atomic E-state index is 10.3. The molecular formula is C17H23NO. The lowest BCUT2D eigenvalue weighted by molar-refractivity contribution is 0.144. The van der Waals surface area contributed by atoms with Crippen molar-refractivity contribution in [3.8, 4) is 0 Å². The summed E-state index contributed by atoms with van der Waals surface area (Å²) in [6, 6.07) is 10.2. The standard InChI is InChI=1S/C17H23NO/c1-12-5-6-13-7-8-14(18-15(13)11-12)16(19)9-10-17(2,3)4/h5-8,11,16,19H,9-10H2,1-4H3/t16-/m0/s1. The summed E-state index contributed by atoms with van der Waals surface area (Å²) >= 11 is 0. The second-order valence-electron chi connectivity index (χ2n) is 6.55. The number of nitrogens with zero attached hydrogens (tertiary/aromatic N) is 1. The van der Waals surface area contributed by atoms with Gasteiger partial charge >= 0.3 is 0 Å². The van der Waals surface area contributed by atoms with E-state index >= 15 is 0 Å². The molecule has 0 radical (unpaired) electrons. The van der Waals surface area contributed by atoms with Gasteiger partial charge in [0.25, 0.3) is 0 Å². The number of rotatable bonds is 3. The van der Waals surface area contributed by atoms with Gasteiger partial charge in [-0.1, -0.05) is 39.0 Å². The molecular weight excluding hydrogens is 234 g/mol. The molecule has 0 amide bonds. The zero-order valence-corrected chi connectivity index (χ0v) is 12.3. The molecule has 0 saturated heterocycles. The van der Waals surface area contributed by atoms with Gasteiger partial charge in [-0.3, -0.25) is 4.98 Å². The summed E-state index contributed by atoms with van der Waals surface area (Å²) in [5.41, 5.74) is 3.19. The zero-order valence-electron chi connectivity index (χ0n) is 12.3. The van der Waals surface area contributed by atoms with Crippen molar-refractivity contribution in [1.29, 1.82) is 0 Å². The van der Waals surface area contributed by atoms with Crippen LogP contribution >= 0.6 is 0 Å². The molecule has 2 aromatic rings. The Hall–Kier alpha value is -1.41. The maximum Gasteiger partial charge on any atom is 0.0960 e. The Labute approximate surface area is 115 Å². The highest BCUT2D eigenvalue weighted by atomic mass is 16.3. The monoisotopic (exact) mass is 257 g/mol. The van der Waals surface area contributed by atoms with Gasteiger partial charge in [0.05, 0.1) is 17.3 Å². The van der Waals surface area contributed by atoms with Crippen molar-refractivity contribution in [3.05, 3.63) is 41.6 Å². The lowest BCUT2D eigenvalue weighted by Gasteiger charge is -2.20. The highest BCUT2D eigenvalue weighted by Crippen LogP contribution is 2.27. The predicted octanol–water partition coefficient (Wildman–Crippen LogP) is 4.40. The van der Waals surface area contributed by atoms with E-state index in [-0.39, 0.29) is 5.41 Å². The van der Waals surface area contributed by atoms with Gasteiger partial charge in [0.1, 0.15) is 0 Å². The number of hydrogen-bond donors (Lipinski definition) is 1. The lowest BCUT2D eigenvalue weighted by Crippen LogP contribution is -2.09. The van der Waals surface area contributed by atoms with E-state index in [4.69, 9.17) is 0 Å². The third-order valence-electron chi connectivity index (χ3n) is 3.38. The molecule has 1 aromatic heterocycles. The van der Waals surface area contributed by atoms with Crippen molar-refractivity contribution in [3.63, 3.8) is 0 Å². The molecule has 19 heavy (non-hydrogen) atoms. The summed E-state index contributed by atoms with van der Waals surface area (Å²) < 4.78 is 0. The number of benzene rings is 1. The predicted molar refractivity (Wildman–Crippen MR) is 80.1 cm³/mol. The van der Waals surface area contributed by atoms with Crippen LogP contribution in [0.15, 0.2) is 30.3 Å². The Morgan fingerprint density at radius 1 is 1.16 bits per heavy atom. The van der Waals surface area contributed by atoms with E-state index in [1.165, 1.54) is 5.56 Å². The van der Waals surface area contributed by atoms with Gasteiger partial charge in [0.15, 0.2) is 0 Å². The summed E-state index contributed by atoms with van der Waals surface area (Å²) in [4.78, 5) is 4.59. The molecule has 2 rings (SSSR count). The minimum Gasteiger partial charge on any atom is -0.387 e. The van der Waals surface area contributed by atoms with Crippen molar-refractivity contribution in [1.82, 2.24) is 4.98 Å². The zero-order chi connectivity index (χ0) is 14.0. The molecule has 1 heterocycles. The molecule has 0 spiro atoms. The second-order valence-corrected chi connectivity index (χ2v) is 6.55. The first-order valence-electron chi connectivity index (χ1n) is 6.90. The number of fused-ring (bicyclic) bond motifs is 1. The van der Waals surface area contributed by atoms with Gasteiger partial charge in [-0.25, -0.2) is 0 Å². The number of pyridine rings is 1. The number of aryl methyl sites for hydroxylation is 1. The summed E-state index contributed by atoms with van der Waals surface area (Å²) in [6.07, 6.45) is 1.28. The Morgan fingerprint density at radius 3 is 2.53 bits per heavy atom. The van der Waals surface area contributed by atoms with Gasteiger partial charge in [0, 0.05) is 5.39 Å². The van der Waals surface area contributed by atoms with Crippen LogP contribution in [0.25, 0.3) is 10.9 Å². The van der Waals surface area contributed by atoms with E-state index in [2.05, 4.69) is 50.9 Å². The fourth-order valence-corrected chi connectivity index (χ4v) is 2.15. The number of aliphatic hydroxyl groups is 1. The normalized spacial score (nSPS) is 13.7. The molecule has 1 aromatic carbocycles. The SMILES string of the molecule is Cc1ccc2ccc([C@@H](O)CCC(C)(C)C)nc2c1. The first-order chi connectivity index (χ1) is 8.85. The first-order valence-corrected chi connectivity index (χ1v) is 6.90. The molecule has 0 bridgehead atoms. The average Bonchev–Trinajstić information content (AvgIpc) is 2.34. The highest BCUT2D eigenvalue weighted by Gasteiger charge is 2.15. The van der Waals surface area contributed by atoms with Crippen LogP contribution < -0.4 is 0 Å². The molecule has 0 aliphatic carbocycles. The molecule has 0 aliphatic rings. The smallest absolute Gasteiger partial charge is 0.0960 e. The maximum atomic E-state index is 10.3. The Balaban J connectivity index is 2.20. The quantitative estimate of drug-likeness (QED) is 0.884. The first kappa shape index (κ1) is 14.0. The molecule has 0 saturated carbocycles. The average molecular weight is 257 g/mol. The largest absolute Gasteiger partial charge is 0.387 e. The topological polar surface area (TPSA) is 33.1 Å². The lowest BCUT2D eigenvalue weighted by atomic mass is 9.88. The van der Waals surface area contributed by atoms with E-state index in [0.29, 0.717) is 0 Å². The molecule has 2 nitrogen and oxygen atoms in total. The van der Waals surface area contributed by atoms with E-state index in [0.717, 1.165) is 29.4 Å². The molecule has 0 fully saturated rings. The van der Waals surface area contributed by atoms with Gasteiger partial charge in [-0.05, 0) is 42.9 Å². The molecule has 0 unspecified atom stereocenters. The highest BCUT2D eigenvalue weighted by molar-refractivity contribution is 5.79. The van der Waals surface area contributed by atoms with Crippen molar-refractivity contribution >= 4 is 10.9 Å². The fourth-order valence-electron chi connectivity index (χ4n) is 2.15. The number of aromatic nitrogens is 1. The van der Waals surface area contributed by atoms with Crippen LogP contribution in [-0.4, -0.2) is 10.1 Å². The van der Waals surface area contributed by atoms with E-state index < -0.39 is 6.10 Å². The molecule has 102 valence electrons. The summed E-state index contributed by atoms with van der Waals surface area (Å²) in [5.74, 6) is 0. The van der Waals surface area contributed by atoms with Crippen LogP contribution in [0.4, 0.5) is 0 Å². The van der Waals surface area contributed by atoms with E-state index in [9.17, 15) is 5.11 Å². The molecule has 1 atom stereocenters. The van der Waals surface area contributed by atoms with E-state index in [1.807, 2.05) is 12.1 Å². The Kier molecular flexibility index (Phi) is 3.91. The van der Waals surface area contributed by atoms with Gasteiger partial charge in [0.2, 0.25) is 0 Å². The molecule has 0 aliphatic heterocycles. The van der Waals surface area contributed by atoms with Crippen LogP contribution in [0.2, 0.25) is 0 Å². The minimum absolute atomic E-state index is 0.244. The Bertz CT molecular complexity index is 569. The van der Waals surface area contributed by atoms with Gasteiger partial charge < -0.3 is 5.11 Å². The number of hydrogen-bond acceptors (Lipinski definition) is 2. The van der Waals surface area contributed by atoms with Crippen LogP contribution in [0.5, 0.6) is 0 Å². The van der Waals surface area contributed by atoms with Gasteiger partial charge in [-0.2, -0.15) is 0 Å². The summed E-state index contributed by atoms with van der Waals surface area (Å²) in [7, 11) is 0. The van der Waals surface area contributed by atoms with Crippen molar-refractivity contribution < 1.29 is 5.11 Å². The summed E-state index contributed by atoms with van der Waals surface area (Å²) in [6.45, 7) is 8.63. The summed E-state index contributed by atoms with van der Waals surface area (Å²) in [5, 5.41) is 11.4. The fraction of sp³-hybridized carbons (Fsp3) is 0.471. The van der Waals surface area contributed by atoms with E-state index in [1.54, 1.807) is 0 Å². The van der Waals surface area contributed by atoms with Crippen LogP contribution in [-0.2, 0) is 0 Å². The Morgan fingerprint density at radius 2 is 1.84 bits per heavy atom. The third kappa shape index (κ3) is 3.77. The van der Waals surface area contributed by atoms with Crippen molar-refractivity contribution in [2.24, 2.45) is 5.41 Å². The van der Waals surface area contributed by atoms with Crippen LogP contribution in [0.3, 0.4) is 0 Å². The van der Waals surface area contributed by atoms with Crippen molar-refractivity contribution in [2.45, 2.75) is 46.6 Å². The van der Waals surface area contributed by atoms with Crippen molar-refractivity contribution in [2.75, 3.05) is 0 Å². The molecule has 1 N–H and O–H groups in total.